The Bertz CT molecular complexity index is 249. The lowest BCUT2D eigenvalue weighted by Crippen LogP contribution is -2.60. The fourth-order valence-electron chi connectivity index (χ4n) is 3.85. The van der Waals surface area contributed by atoms with Gasteiger partial charge >= 0.3 is 0 Å². The van der Waals surface area contributed by atoms with Crippen LogP contribution in [0, 0.1) is 5.41 Å². The van der Waals surface area contributed by atoms with Gasteiger partial charge in [0, 0.05) is 31.2 Å². The van der Waals surface area contributed by atoms with Crippen molar-refractivity contribution in [2.75, 3.05) is 13.1 Å². The molecule has 1 aliphatic carbocycles. The molecule has 2 aliphatic rings. The molecule has 3 atom stereocenters. The Kier molecular flexibility index (Phi) is 4.14. The smallest absolute Gasteiger partial charge is 0.0196 e. The van der Waals surface area contributed by atoms with Gasteiger partial charge in [-0.1, -0.05) is 33.6 Å². The quantitative estimate of drug-likeness (QED) is 0.813. The third-order valence-corrected chi connectivity index (χ3v) is 4.94. The lowest BCUT2D eigenvalue weighted by Gasteiger charge is -2.46. The van der Waals surface area contributed by atoms with Crippen molar-refractivity contribution >= 4 is 0 Å². The molecule has 0 aromatic rings. The standard InChI is InChI=1S/C15H30N2/c1-5-7-13-11-17(12(2)10-16-13)14-8-6-9-15(14,3)4/h12-14,16H,5-11H2,1-4H3. The topological polar surface area (TPSA) is 15.3 Å². The molecule has 100 valence electrons. The molecule has 3 unspecified atom stereocenters. The second kappa shape index (κ2) is 5.27. The van der Waals surface area contributed by atoms with Gasteiger partial charge in [0.15, 0.2) is 0 Å². The minimum absolute atomic E-state index is 0.530. The van der Waals surface area contributed by atoms with Crippen LogP contribution in [0.25, 0.3) is 0 Å². The zero-order chi connectivity index (χ0) is 12.5. The number of nitrogens with zero attached hydrogens (tertiary/aromatic N) is 1. The van der Waals surface area contributed by atoms with E-state index >= 15 is 0 Å². The molecule has 2 nitrogen and oxygen atoms in total. The van der Waals surface area contributed by atoms with Crippen LogP contribution in [0.2, 0.25) is 0 Å². The number of hydrogen-bond acceptors (Lipinski definition) is 2. The maximum Gasteiger partial charge on any atom is 0.0196 e. The Morgan fingerprint density at radius 2 is 2.12 bits per heavy atom. The predicted molar refractivity (Wildman–Crippen MR) is 74.3 cm³/mol. The van der Waals surface area contributed by atoms with E-state index in [-0.39, 0.29) is 0 Å². The summed E-state index contributed by atoms with van der Waals surface area (Å²) >= 11 is 0. The Morgan fingerprint density at radius 3 is 2.71 bits per heavy atom. The molecular formula is C15H30N2. The van der Waals surface area contributed by atoms with E-state index in [0.717, 1.165) is 12.1 Å². The number of hydrogen-bond donors (Lipinski definition) is 1. The first-order chi connectivity index (χ1) is 8.04. The maximum atomic E-state index is 3.71. The molecule has 2 heteroatoms. The minimum atomic E-state index is 0.530. The van der Waals surface area contributed by atoms with E-state index in [0.29, 0.717) is 11.5 Å². The van der Waals surface area contributed by atoms with E-state index in [1.54, 1.807) is 0 Å². The fraction of sp³-hybridized carbons (Fsp3) is 1.00. The van der Waals surface area contributed by atoms with Gasteiger partial charge in [0.25, 0.3) is 0 Å². The van der Waals surface area contributed by atoms with Crippen LogP contribution in [0.15, 0.2) is 0 Å². The molecule has 0 radical (unpaired) electrons. The first-order valence-electron chi connectivity index (χ1n) is 7.53. The molecule has 0 amide bonds. The van der Waals surface area contributed by atoms with Gasteiger partial charge in [-0.25, -0.2) is 0 Å². The van der Waals surface area contributed by atoms with E-state index in [2.05, 4.69) is 37.9 Å². The summed E-state index contributed by atoms with van der Waals surface area (Å²) in [6, 6.07) is 2.26. The van der Waals surface area contributed by atoms with Crippen LogP contribution in [0.1, 0.15) is 59.8 Å². The lowest BCUT2D eigenvalue weighted by molar-refractivity contribution is 0.0409. The van der Waals surface area contributed by atoms with Crippen molar-refractivity contribution in [3.8, 4) is 0 Å². The SMILES string of the molecule is CCCC1CN(C2CCCC2(C)C)C(C)CN1. The number of nitrogens with one attached hydrogen (secondary N) is 1. The van der Waals surface area contributed by atoms with Crippen LogP contribution >= 0.6 is 0 Å². The van der Waals surface area contributed by atoms with Gasteiger partial charge in [0.1, 0.15) is 0 Å². The van der Waals surface area contributed by atoms with Crippen LogP contribution < -0.4 is 5.32 Å². The lowest BCUT2D eigenvalue weighted by atomic mass is 9.85. The zero-order valence-electron chi connectivity index (χ0n) is 12.1. The highest BCUT2D eigenvalue weighted by Gasteiger charge is 2.41. The van der Waals surface area contributed by atoms with E-state index in [9.17, 15) is 0 Å². The predicted octanol–water partition coefficient (Wildman–Crippen LogP) is 3.03. The Morgan fingerprint density at radius 1 is 1.35 bits per heavy atom. The first-order valence-corrected chi connectivity index (χ1v) is 7.53. The van der Waals surface area contributed by atoms with Crippen molar-refractivity contribution in [2.24, 2.45) is 5.41 Å². The molecule has 0 bridgehead atoms. The van der Waals surface area contributed by atoms with Crippen molar-refractivity contribution in [2.45, 2.75) is 77.9 Å². The van der Waals surface area contributed by atoms with Crippen molar-refractivity contribution in [1.29, 1.82) is 0 Å². The van der Waals surface area contributed by atoms with E-state index < -0.39 is 0 Å². The van der Waals surface area contributed by atoms with Crippen molar-refractivity contribution in [3.05, 3.63) is 0 Å². The van der Waals surface area contributed by atoms with Crippen LogP contribution in [-0.2, 0) is 0 Å². The first kappa shape index (κ1) is 13.4. The molecule has 17 heavy (non-hydrogen) atoms. The van der Waals surface area contributed by atoms with Crippen LogP contribution in [-0.4, -0.2) is 36.1 Å². The summed E-state index contributed by atoms with van der Waals surface area (Å²) in [5.74, 6) is 0. The van der Waals surface area contributed by atoms with Crippen LogP contribution in [0.5, 0.6) is 0 Å². The third-order valence-electron chi connectivity index (χ3n) is 4.94. The molecule has 0 spiro atoms. The molecule has 0 aromatic heterocycles. The fourth-order valence-corrected chi connectivity index (χ4v) is 3.85. The largest absolute Gasteiger partial charge is 0.311 e. The Hall–Kier alpha value is -0.0800. The van der Waals surface area contributed by atoms with Crippen LogP contribution in [0.4, 0.5) is 0 Å². The van der Waals surface area contributed by atoms with Gasteiger partial charge in [-0.2, -0.15) is 0 Å². The van der Waals surface area contributed by atoms with Gasteiger partial charge in [-0.15, -0.1) is 0 Å². The molecule has 1 heterocycles. The van der Waals surface area contributed by atoms with Crippen molar-refractivity contribution in [1.82, 2.24) is 10.2 Å². The summed E-state index contributed by atoms with van der Waals surface area (Å²) in [7, 11) is 0. The summed E-state index contributed by atoms with van der Waals surface area (Å²) in [5.41, 5.74) is 0.530. The van der Waals surface area contributed by atoms with E-state index in [1.165, 1.54) is 45.2 Å². The summed E-state index contributed by atoms with van der Waals surface area (Å²) in [5, 5.41) is 3.71. The molecular weight excluding hydrogens is 208 g/mol. The normalized spacial score (nSPS) is 38.5. The Balaban J connectivity index is 2.02. The average Bonchev–Trinajstić information content (AvgIpc) is 2.61. The molecule has 1 saturated carbocycles. The highest BCUT2D eigenvalue weighted by Crippen LogP contribution is 2.41. The van der Waals surface area contributed by atoms with Gasteiger partial charge in [0.2, 0.25) is 0 Å². The number of rotatable bonds is 3. The van der Waals surface area contributed by atoms with Gasteiger partial charge in [0.05, 0.1) is 0 Å². The summed E-state index contributed by atoms with van der Waals surface area (Å²) in [6.45, 7) is 12.1. The summed E-state index contributed by atoms with van der Waals surface area (Å²) in [6.07, 6.45) is 6.88. The summed E-state index contributed by atoms with van der Waals surface area (Å²) in [4.78, 5) is 2.81. The second-order valence-electron chi connectivity index (χ2n) is 6.84. The van der Waals surface area contributed by atoms with Gasteiger partial charge in [-0.3, -0.25) is 4.90 Å². The summed E-state index contributed by atoms with van der Waals surface area (Å²) < 4.78 is 0. The molecule has 2 fully saturated rings. The zero-order valence-corrected chi connectivity index (χ0v) is 12.1. The third kappa shape index (κ3) is 2.85. The van der Waals surface area contributed by atoms with E-state index in [1.807, 2.05) is 0 Å². The van der Waals surface area contributed by atoms with E-state index in [4.69, 9.17) is 0 Å². The van der Waals surface area contributed by atoms with Gasteiger partial charge < -0.3 is 5.32 Å². The number of piperazine rings is 1. The molecule has 0 aromatic carbocycles. The molecule has 1 aliphatic heterocycles. The maximum absolute atomic E-state index is 3.71. The Labute approximate surface area is 107 Å². The second-order valence-corrected chi connectivity index (χ2v) is 6.84. The highest BCUT2D eigenvalue weighted by atomic mass is 15.3. The van der Waals surface area contributed by atoms with Crippen LogP contribution in [0.3, 0.4) is 0 Å². The average molecular weight is 238 g/mol. The van der Waals surface area contributed by atoms with Crippen molar-refractivity contribution in [3.63, 3.8) is 0 Å². The monoisotopic (exact) mass is 238 g/mol. The molecule has 1 saturated heterocycles. The molecule has 2 rings (SSSR count). The molecule has 1 N–H and O–H groups in total. The minimum Gasteiger partial charge on any atom is -0.311 e. The highest BCUT2D eigenvalue weighted by molar-refractivity contribution is 4.97. The van der Waals surface area contributed by atoms with Gasteiger partial charge in [-0.05, 0) is 31.6 Å². The van der Waals surface area contributed by atoms with Crippen molar-refractivity contribution < 1.29 is 0 Å².